The summed E-state index contributed by atoms with van der Waals surface area (Å²) in [5.41, 5.74) is 2.30. The molecule has 0 aliphatic heterocycles. The number of rotatable bonds is 5. The van der Waals surface area contributed by atoms with Crippen molar-refractivity contribution in [2.75, 3.05) is 5.32 Å². The molecule has 0 saturated heterocycles. The minimum Gasteiger partial charge on any atom is -0.326 e. The Kier molecular flexibility index (Phi) is 4.78. The molecule has 1 heterocycles. The van der Waals surface area contributed by atoms with Crippen LogP contribution in [0.2, 0.25) is 0 Å². The molecular formula is C18H15FN2OS. The number of carbonyl (C=O) groups excluding carboxylic acids is 1. The number of carbonyl (C=O) groups is 1. The summed E-state index contributed by atoms with van der Waals surface area (Å²) < 4.78 is 13.5. The van der Waals surface area contributed by atoms with Crippen molar-refractivity contribution in [1.29, 1.82) is 0 Å². The van der Waals surface area contributed by atoms with E-state index in [1.165, 1.54) is 6.07 Å². The minimum absolute atomic E-state index is 0.129. The summed E-state index contributed by atoms with van der Waals surface area (Å²) in [7, 11) is 0. The summed E-state index contributed by atoms with van der Waals surface area (Å²) in [4.78, 5) is 16.2. The van der Waals surface area contributed by atoms with Gasteiger partial charge in [-0.3, -0.25) is 4.79 Å². The van der Waals surface area contributed by atoms with Crippen LogP contribution in [-0.4, -0.2) is 10.9 Å². The highest BCUT2D eigenvalue weighted by molar-refractivity contribution is 7.13. The highest BCUT2D eigenvalue weighted by Crippen LogP contribution is 2.23. The number of benzene rings is 2. The van der Waals surface area contributed by atoms with E-state index in [-0.39, 0.29) is 18.1 Å². The Morgan fingerprint density at radius 2 is 1.91 bits per heavy atom. The molecular weight excluding hydrogens is 311 g/mol. The van der Waals surface area contributed by atoms with Crippen LogP contribution < -0.4 is 5.32 Å². The Labute approximate surface area is 137 Å². The molecule has 5 heteroatoms. The second kappa shape index (κ2) is 7.15. The molecule has 0 bridgehead atoms. The van der Waals surface area contributed by atoms with Crippen molar-refractivity contribution in [3.8, 4) is 10.6 Å². The molecule has 116 valence electrons. The molecule has 0 fully saturated rings. The average molecular weight is 326 g/mol. The van der Waals surface area contributed by atoms with Crippen LogP contribution in [-0.2, 0) is 11.2 Å². The lowest BCUT2D eigenvalue weighted by molar-refractivity contribution is -0.116. The molecule has 0 aliphatic rings. The van der Waals surface area contributed by atoms with E-state index >= 15 is 0 Å². The maximum Gasteiger partial charge on any atom is 0.224 e. The molecule has 1 N–H and O–H groups in total. The van der Waals surface area contributed by atoms with E-state index in [0.29, 0.717) is 12.0 Å². The van der Waals surface area contributed by atoms with E-state index in [1.54, 1.807) is 35.7 Å². The molecule has 0 spiro atoms. The number of aromatic nitrogens is 1. The molecule has 0 atom stereocenters. The van der Waals surface area contributed by atoms with Crippen LogP contribution in [0.3, 0.4) is 0 Å². The molecule has 23 heavy (non-hydrogen) atoms. The van der Waals surface area contributed by atoms with Crippen LogP contribution in [0.25, 0.3) is 10.6 Å². The van der Waals surface area contributed by atoms with Crippen molar-refractivity contribution in [2.24, 2.45) is 0 Å². The summed E-state index contributed by atoms with van der Waals surface area (Å²) in [5, 5.41) is 5.70. The van der Waals surface area contributed by atoms with Gasteiger partial charge in [-0.05, 0) is 42.3 Å². The zero-order valence-corrected chi connectivity index (χ0v) is 13.1. The second-order valence-electron chi connectivity index (χ2n) is 5.05. The first-order valence-electron chi connectivity index (χ1n) is 7.25. The van der Waals surface area contributed by atoms with Crippen molar-refractivity contribution >= 4 is 22.9 Å². The monoisotopic (exact) mass is 326 g/mol. The van der Waals surface area contributed by atoms with Gasteiger partial charge in [0.25, 0.3) is 0 Å². The Bertz CT molecular complexity index is 785. The van der Waals surface area contributed by atoms with Gasteiger partial charge in [-0.2, -0.15) is 0 Å². The largest absolute Gasteiger partial charge is 0.326 e. The van der Waals surface area contributed by atoms with Crippen molar-refractivity contribution in [2.45, 2.75) is 12.8 Å². The number of nitrogens with zero attached hydrogens (tertiary/aromatic N) is 1. The fourth-order valence-corrected chi connectivity index (χ4v) is 2.88. The smallest absolute Gasteiger partial charge is 0.224 e. The highest BCUT2D eigenvalue weighted by Gasteiger charge is 2.07. The number of aryl methyl sites for hydroxylation is 1. The highest BCUT2D eigenvalue weighted by atomic mass is 32.1. The summed E-state index contributed by atoms with van der Waals surface area (Å²) >= 11 is 1.57. The zero-order chi connectivity index (χ0) is 16.1. The van der Waals surface area contributed by atoms with Gasteiger partial charge in [-0.1, -0.05) is 18.2 Å². The number of hydrogen-bond donors (Lipinski definition) is 1. The molecule has 0 aliphatic carbocycles. The predicted molar refractivity (Wildman–Crippen MR) is 90.9 cm³/mol. The van der Waals surface area contributed by atoms with E-state index in [2.05, 4.69) is 10.3 Å². The number of halogens is 1. The lowest BCUT2D eigenvalue weighted by atomic mass is 10.1. The fraction of sp³-hybridized carbons (Fsp3) is 0.111. The van der Waals surface area contributed by atoms with E-state index in [4.69, 9.17) is 0 Å². The Hall–Kier alpha value is -2.53. The van der Waals surface area contributed by atoms with Crippen molar-refractivity contribution in [3.05, 3.63) is 71.5 Å². The van der Waals surface area contributed by atoms with E-state index in [9.17, 15) is 9.18 Å². The minimum atomic E-state index is -0.270. The maximum absolute atomic E-state index is 13.5. The van der Waals surface area contributed by atoms with Crippen LogP contribution in [0.4, 0.5) is 10.1 Å². The molecule has 3 aromatic rings. The molecule has 3 rings (SSSR count). The number of hydrogen-bond acceptors (Lipinski definition) is 3. The lowest BCUT2D eigenvalue weighted by Crippen LogP contribution is -2.12. The number of anilines is 1. The first kappa shape index (κ1) is 15.4. The third-order valence-electron chi connectivity index (χ3n) is 3.43. The van der Waals surface area contributed by atoms with Gasteiger partial charge in [-0.25, -0.2) is 9.37 Å². The predicted octanol–water partition coefficient (Wildman–Crippen LogP) is 4.52. The van der Waals surface area contributed by atoms with Gasteiger partial charge >= 0.3 is 0 Å². The summed E-state index contributed by atoms with van der Waals surface area (Å²) in [6, 6.07) is 14.1. The van der Waals surface area contributed by atoms with Crippen molar-refractivity contribution in [3.63, 3.8) is 0 Å². The lowest BCUT2D eigenvalue weighted by Gasteiger charge is -2.06. The van der Waals surface area contributed by atoms with Crippen LogP contribution >= 0.6 is 11.3 Å². The van der Waals surface area contributed by atoms with Crippen LogP contribution in [0.15, 0.2) is 60.1 Å². The standard InChI is InChI=1S/C18H15FN2OS/c19-16-4-2-1-3-13(16)7-10-17(22)21-15-8-5-14(6-9-15)18-20-11-12-23-18/h1-6,8-9,11-12H,7,10H2,(H,21,22). The topological polar surface area (TPSA) is 42.0 Å². The van der Waals surface area contributed by atoms with Gasteiger partial charge in [-0.15, -0.1) is 11.3 Å². The summed E-state index contributed by atoms with van der Waals surface area (Å²) in [5.74, 6) is -0.400. The van der Waals surface area contributed by atoms with E-state index in [0.717, 1.165) is 16.3 Å². The van der Waals surface area contributed by atoms with Gasteiger partial charge in [0.1, 0.15) is 10.8 Å². The van der Waals surface area contributed by atoms with E-state index < -0.39 is 0 Å². The third-order valence-corrected chi connectivity index (χ3v) is 4.25. The van der Waals surface area contributed by atoms with E-state index in [1.807, 2.05) is 29.6 Å². The maximum atomic E-state index is 13.5. The molecule has 0 unspecified atom stereocenters. The van der Waals surface area contributed by atoms with Gasteiger partial charge in [0.05, 0.1) is 0 Å². The third kappa shape index (κ3) is 4.02. The average Bonchev–Trinajstić information content (AvgIpc) is 3.09. The van der Waals surface area contributed by atoms with Crippen molar-refractivity contribution < 1.29 is 9.18 Å². The molecule has 1 amide bonds. The Morgan fingerprint density at radius 1 is 1.13 bits per heavy atom. The normalized spacial score (nSPS) is 10.5. The van der Waals surface area contributed by atoms with Gasteiger partial charge in [0, 0.05) is 29.2 Å². The van der Waals surface area contributed by atoms with Crippen LogP contribution in [0.1, 0.15) is 12.0 Å². The van der Waals surface area contributed by atoms with Gasteiger partial charge < -0.3 is 5.32 Å². The molecule has 0 radical (unpaired) electrons. The van der Waals surface area contributed by atoms with Gasteiger partial charge in [0.2, 0.25) is 5.91 Å². The first-order chi connectivity index (χ1) is 11.2. The summed E-state index contributed by atoms with van der Waals surface area (Å²) in [6.07, 6.45) is 2.39. The fourth-order valence-electron chi connectivity index (χ4n) is 2.23. The Balaban J connectivity index is 1.57. The number of nitrogens with one attached hydrogen (secondary N) is 1. The zero-order valence-electron chi connectivity index (χ0n) is 12.3. The van der Waals surface area contributed by atoms with Crippen LogP contribution in [0.5, 0.6) is 0 Å². The van der Waals surface area contributed by atoms with Crippen LogP contribution in [0, 0.1) is 5.82 Å². The molecule has 0 saturated carbocycles. The molecule has 1 aromatic heterocycles. The number of thiazole rings is 1. The molecule has 3 nitrogen and oxygen atoms in total. The Morgan fingerprint density at radius 3 is 2.61 bits per heavy atom. The molecule has 2 aromatic carbocycles. The summed E-state index contributed by atoms with van der Waals surface area (Å²) in [6.45, 7) is 0. The quantitative estimate of drug-likeness (QED) is 0.749. The first-order valence-corrected chi connectivity index (χ1v) is 8.13. The van der Waals surface area contributed by atoms with Crippen molar-refractivity contribution in [1.82, 2.24) is 4.98 Å². The SMILES string of the molecule is O=C(CCc1ccccc1F)Nc1ccc(-c2nccs2)cc1. The number of amides is 1. The second-order valence-corrected chi connectivity index (χ2v) is 5.95. The van der Waals surface area contributed by atoms with Gasteiger partial charge in [0.15, 0.2) is 0 Å².